The van der Waals surface area contributed by atoms with Gasteiger partial charge in [-0.25, -0.2) is 4.79 Å². The maximum atomic E-state index is 13.6. The molecule has 0 saturated carbocycles. The van der Waals surface area contributed by atoms with Gasteiger partial charge in [0.15, 0.2) is 0 Å². The minimum atomic E-state index is -4.44. The largest absolute Gasteiger partial charge is 0.416 e. The molecule has 0 bridgehead atoms. The van der Waals surface area contributed by atoms with Gasteiger partial charge in [0.05, 0.1) is 29.4 Å². The van der Waals surface area contributed by atoms with Gasteiger partial charge in [0, 0.05) is 43.4 Å². The Morgan fingerprint density at radius 3 is 2.48 bits per heavy atom. The third-order valence-electron chi connectivity index (χ3n) is 7.32. The van der Waals surface area contributed by atoms with Crippen LogP contribution in [0.2, 0.25) is 5.02 Å². The van der Waals surface area contributed by atoms with Crippen molar-refractivity contribution in [3.63, 3.8) is 0 Å². The number of benzene rings is 2. The molecule has 0 aliphatic carbocycles. The molecule has 3 aliphatic heterocycles. The van der Waals surface area contributed by atoms with Gasteiger partial charge >= 0.3 is 12.2 Å². The van der Waals surface area contributed by atoms with E-state index >= 15 is 0 Å². The number of alkyl halides is 3. The minimum absolute atomic E-state index is 0.0757. The standard InChI is InChI=1S/C28H27ClF3N5O3/c1-2-10-37-22-16-36(26(39)24(22)25(33-27(37)40)20-8-3-4-9-21(20)29)17-23(38)35-13-11-34(12-14-35)19-7-5-6-18(15-19)28(30,31)32/h2-9,15,25H,1,10-14,16-17H2,(H,33,40)/t25-/m1/s1. The van der Waals surface area contributed by atoms with Crippen molar-refractivity contribution in [2.45, 2.75) is 12.2 Å². The number of rotatable bonds is 6. The van der Waals surface area contributed by atoms with E-state index in [0.717, 1.165) is 12.1 Å². The van der Waals surface area contributed by atoms with Crippen LogP contribution in [-0.2, 0) is 15.8 Å². The molecule has 1 fully saturated rings. The highest BCUT2D eigenvalue weighted by Gasteiger charge is 2.45. The van der Waals surface area contributed by atoms with Crippen LogP contribution in [0.4, 0.5) is 23.7 Å². The SMILES string of the molecule is C=CCN1C(=O)N[C@H](c2ccccc2Cl)C2=C1CN(CC(=O)N1CCN(c3cccc(C(F)(F)F)c3)CC1)C2=O. The van der Waals surface area contributed by atoms with E-state index in [1.54, 1.807) is 46.2 Å². The van der Waals surface area contributed by atoms with Crippen LogP contribution in [-0.4, -0.2) is 78.4 Å². The first-order valence-electron chi connectivity index (χ1n) is 12.7. The summed E-state index contributed by atoms with van der Waals surface area (Å²) >= 11 is 6.40. The summed E-state index contributed by atoms with van der Waals surface area (Å²) in [5, 5.41) is 3.26. The lowest BCUT2D eigenvalue weighted by Gasteiger charge is -2.37. The van der Waals surface area contributed by atoms with E-state index < -0.39 is 23.8 Å². The van der Waals surface area contributed by atoms with Crippen LogP contribution in [0, 0.1) is 0 Å². The van der Waals surface area contributed by atoms with Crippen molar-refractivity contribution in [3.05, 3.63) is 88.6 Å². The number of carbonyl (C=O) groups is 3. The quantitative estimate of drug-likeness (QED) is 0.529. The number of carbonyl (C=O) groups excluding carboxylic acids is 3. The summed E-state index contributed by atoms with van der Waals surface area (Å²) in [6.07, 6.45) is -2.88. The Bertz CT molecular complexity index is 1390. The molecule has 8 nitrogen and oxygen atoms in total. The zero-order chi connectivity index (χ0) is 28.6. The van der Waals surface area contributed by atoms with Gasteiger partial charge in [0.25, 0.3) is 5.91 Å². The third kappa shape index (κ3) is 5.25. The summed E-state index contributed by atoms with van der Waals surface area (Å²) in [4.78, 5) is 46.0. The Labute approximate surface area is 234 Å². The van der Waals surface area contributed by atoms with Crippen molar-refractivity contribution in [1.82, 2.24) is 20.0 Å². The highest BCUT2D eigenvalue weighted by atomic mass is 35.5. The fraction of sp³-hybridized carbons (Fsp3) is 0.321. The number of hydrogen-bond donors (Lipinski definition) is 1. The van der Waals surface area contributed by atoms with Crippen LogP contribution in [0.5, 0.6) is 0 Å². The molecule has 0 radical (unpaired) electrons. The lowest BCUT2D eigenvalue weighted by molar-refractivity contribution is -0.137. The summed E-state index contributed by atoms with van der Waals surface area (Å²) in [6.45, 7) is 5.09. The topological polar surface area (TPSA) is 76.2 Å². The van der Waals surface area contributed by atoms with Gasteiger partial charge in [-0.05, 0) is 29.8 Å². The van der Waals surface area contributed by atoms with Crippen molar-refractivity contribution in [2.75, 3.05) is 50.7 Å². The van der Waals surface area contributed by atoms with Gasteiger partial charge in [-0.15, -0.1) is 6.58 Å². The number of hydrogen-bond acceptors (Lipinski definition) is 4. The van der Waals surface area contributed by atoms with E-state index in [2.05, 4.69) is 11.9 Å². The Kier molecular flexibility index (Phi) is 7.50. The first kappa shape index (κ1) is 27.6. The van der Waals surface area contributed by atoms with Gasteiger partial charge in [-0.3, -0.25) is 14.5 Å². The van der Waals surface area contributed by atoms with E-state index in [1.165, 1.54) is 15.9 Å². The molecule has 12 heteroatoms. The van der Waals surface area contributed by atoms with E-state index in [9.17, 15) is 27.6 Å². The van der Waals surface area contributed by atoms with Crippen LogP contribution >= 0.6 is 11.6 Å². The summed E-state index contributed by atoms with van der Waals surface area (Å²) in [7, 11) is 0. The van der Waals surface area contributed by atoms with Crippen molar-refractivity contribution < 1.29 is 27.6 Å². The van der Waals surface area contributed by atoms with E-state index in [-0.39, 0.29) is 31.4 Å². The van der Waals surface area contributed by atoms with E-state index in [1.807, 2.05) is 0 Å². The molecule has 0 spiro atoms. The summed E-state index contributed by atoms with van der Waals surface area (Å²) in [5.74, 6) is -0.648. The second-order valence-electron chi connectivity index (χ2n) is 9.74. The number of nitrogens with one attached hydrogen (secondary N) is 1. The Morgan fingerprint density at radius 1 is 1.07 bits per heavy atom. The van der Waals surface area contributed by atoms with Crippen LogP contribution in [0.15, 0.2) is 72.5 Å². The fourth-order valence-electron chi connectivity index (χ4n) is 5.30. The molecule has 3 aliphatic rings. The van der Waals surface area contributed by atoms with Crippen molar-refractivity contribution in [1.29, 1.82) is 0 Å². The number of anilines is 1. The molecule has 3 heterocycles. The number of amides is 4. The zero-order valence-electron chi connectivity index (χ0n) is 21.5. The van der Waals surface area contributed by atoms with Crippen molar-refractivity contribution in [2.24, 2.45) is 0 Å². The molecule has 1 atom stereocenters. The smallest absolute Gasteiger partial charge is 0.368 e. The second kappa shape index (κ2) is 10.9. The number of halogens is 4. The highest BCUT2D eigenvalue weighted by Crippen LogP contribution is 2.38. The molecular formula is C28H27ClF3N5O3. The van der Waals surface area contributed by atoms with Gasteiger partial charge in [-0.2, -0.15) is 13.2 Å². The molecular weight excluding hydrogens is 547 g/mol. The van der Waals surface area contributed by atoms with Gasteiger partial charge in [0.2, 0.25) is 5.91 Å². The molecule has 2 aromatic rings. The van der Waals surface area contributed by atoms with Crippen LogP contribution in [0.1, 0.15) is 17.2 Å². The fourth-order valence-corrected chi connectivity index (χ4v) is 5.54. The normalized spacial score (nSPS) is 19.6. The maximum Gasteiger partial charge on any atom is 0.416 e. The summed E-state index contributed by atoms with van der Waals surface area (Å²) < 4.78 is 39.4. The van der Waals surface area contributed by atoms with Gasteiger partial charge in [-0.1, -0.05) is 41.9 Å². The van der Waals surface area contributed by atoms with Crippen LogP contribution < -0.4 is 10.2 Å². The van der Waals surface area contributed by atoms with Gasteiger partial charge < -0.3 is 20.0 Å². The minimum Gasteiger partial charge on any atom is -0.368 e. The zero-order valence-corrected chi connectivity index (χ0v) is 22.2. The highest BCUT2D eigenvalue weighted by molar-refractivity contribution is 6.31. The molecule has 40 heavy (non-hydrogen) atoms. The summed E-state index contributed by atoms with van der Waals surface area (Å²) in [6, 6.07) is 10.9. The molecule has 2 aromatic carbocycles. The van der Waals surface area contributed by atoms with Crippen LogP contribution in [0.25, 0.3) is 0 Å². The van der Waals surface area contributed by atoms with Crippen molar-refractivity contribution in [3.8, 4) is 0 Å². The molecule has 4 amide bonds. The third-order valence-corrected chi connectivity index (χ3v) is 7.67. The lowest BCUT2D eigenvalue weighted by Crippen LogP contribution is -2.51. The molecule has 0 aromatic heterocycles. The predicted octanol–water partition coefficient (Wildman–Crippen LogP) is 4.06. The number of nitrogens with zero attached hydrogens (tertiary/aromatic N) is 4. The average molecular weight is 574 g/mol. The van der Waals surface area contributed by atoms with Crippen LogP contribution in [0.3, 0.4) is 0 Å². The number of urea groups is 1. The maximum absolute atomic E-state index is 13.6. The molecule has 1 N–H and O–H groups in total. The summed E-state index contributed by atoms with van der Waals surface area (Å²) in [5.41, 5.74) is 1.16. The van der Waals surface area contributed by atoms with E-state index in [0.29, 0.717) is 53.7 Å². The number of piperazine rings is 1. The molecule has 5 rings (SSSR count). The predicted molar refractivity (Wildman–Crippen MR) is 143 cm³/mol. The molecule has 1 saturated heterocycles. The Balaban J connectivity index is 1.28. The van der Waals surface area contributed by atoms with E-state index in [4.69, 9.17) is 11.6 Å². The molecule has 210 valence electrons. The first-order valence-corrected chi connectivity index (χ1v) is 13.1. The Morgan fingerprint density at radius 2 is 1.80 bits per heavy atom. The second-order valence-corrected chi connectivity index (χ2v) is 10.1. The van der Waals surface area contributed by atoms with Gasteiger partial charge in [0.1, 0.15) is 6.54 Å². The molecule has 0 unspecified atom stereocenters. The monoisotopic (exact) mass is 573 g/mol. The van der Waals surface area contributed by atoms with Crippen molar-refractivity contribution >= 4 is 35.1 Å². The lowest BCUT2D eigenvalue weighted by atomic mass is 9.95. The Hall–Kier alpha value is -3.99. The average Bonchev–Trinajstić information content (AvgIpc) is 3.25. The first-order chi connectivity index (χ1) is 19.1.